The maximum absolute atomic E-state index is 10.1. The Labute approximate surface area is 150 Å². The summed E-state index contributed by atoms with van der Waals surface area (Å²) in [5.74, 6) is 0.541. The van der Waals surface area contributed by atoms with Gasteiger partial charge in [0.2, 0.25) is 11.8 Å². The summed E-state index contributed by atoms with van der Waals surface area (Å²) in [6.07, 6.45) is 15.4. The van der Waals surface area contributed by atoms with Gasteiger partial charge in [0.05, 0.1) is 12.5 Å². The molecule has 0 aromatic carbocycles. The van der Waals surface area contributed by atoms with Gasteiger partial charge in [0.15, 0.2) is 0 Å². The van der Waals surface area contributed by atoms with E-state index in [9.17, 15) is 9.59 Å². The van der Waals surface area contributed by atoms with Crippen LogP contribution in [0.15, 0.2) is 53.9 Å². The van der Waals surface area contributed by atoms with E-state index in [4.69, 9.17) is 0 Å². The Morgan fingerprint density at radius 1 is 1.38 bits per heavy atom. The van der Waals surface area contributed by atoms with Crippen LogP contribution in [0.2, 0.25) is 0 Å². The van der Waals surface area contributed by atoms with Crippen molar-refractivity contribution in [1.82, 2.24) is 5.32 Å². The Balaban J connectivity index is 0. The van der Waals surface area contributed by atoms with E-state index in [-0.39, 0.29) is 24.2 Å². The Morgan fingerprint density at radius 3 is 2.21 bits per heavy atom. The first-order valence-corrected chi connectivity index (χ1v) is 7.85. The Morgan fingerprint density at radius 2 is 2.00 bits per heavy atom. The van der Waals surface area contributed by atoms with E-state index in [2.05, 4.69) is 34.2 Å². The average Bonchev–Trinajstić information content (AvgIpc) is 3.24. The first-order valence-electron chi connectivity index (χ1n) is 7.85. The maximum Gasteiger partial charge on any atom is 0.220 e. The van der Waals surface area contributed by atoms with Gasteiger partial charge in [-0.05, 0) is 43.7 Å². The van der Waals surface area contributed by atoms with Gasteiger partial charge in [0, 0.05) is 19.9 Å². The van der Waals surface area contributed by atoms with E-state index in [0.717, 1.165) is 19.4 Å². The van der Waals surface area contributed by atoms with Crippen molar-refractivity contribution in [3.05, 3.63) is 49.5 Å². The highest BCUT2D eigenvalue weighted by Crippen LogP contribution is 2.16. The second-order valence-electron chi connectivity index (χ2n) is 5.12. The number of nitrogens with two attached hydrogens (primary N) is 1. The Kier molecular flexibility index (Phi) is 17.5. The largest absolute Gasteiger partial charge is 0.473 e. The van der Waals surface area contributed by atoms with Gasteiger partial charge >= 0.3 is 0 Å². The predicted molar refractivity (Wildman–Crippen MR) is 99.7 cm³/mol. The predicted octanol–water partition coefficient (Wildman–Crippen LogP) is 3.62. The third-order valence-corrected chi connectivity index (χ3v) is 2.92. The molecular weight excluding hydrogens is 328 g/mol. The molecule has 1 aromatic heterocycles. The summed E-state index contributed by atoms with van der Waals surface area (Å²) < 4.78 is 4.58. The molecule has 0 spiro atoms. The lowest BCUT2D eigenvalue weighted by Crippen LogP contribution is -2.12. The molecule has 2 heterocycles. The van der Waals surface area contributed by atoms with Crippen LogP contribution in [0.3, 0.4) is 0 Å². The Bertz CT molecular complexity index is 430. The van der Waals surface area contributed by atoms with Crippen molar-refractivity contribution in [2.24, 2.45) is 11.7 Å². The molecular formula is C18H29ClN2O3. The molecule has 136 valence electrons. The third-order valence-electron chi connectivity index (χ3n) is 2.92. The molecule has 1 aliphatic carbocycles. The number of rotatable bonds is 1. The number of halogens is 1. The van der Waals surface area contributed by atoms with Crippen molar-refractivity contribution in [3.8, 4) is 0 Å². The third kappa shape index (κ3) is 18.0. The van der Waals surface area contributed by atoms with Crippen LogP contribution in [-0.4, -0.2) is 18.4 Å². The zero-order valence-electron chi connectivity index (χ0n) is 14.3. The van der Waals surface area contributed by atoms with Gasteiger partial charge in [0.25, 0.3) is 0 Å². The zero-order valence-corrected chi connectivity index (χ0v) is 15.1. The van der Waals surface area contributed by atoms with Crippen LogP contribution in [0.5, 0.6) is 0 Å². The number of amides is 2. The lowest BCUT2D eigenvalue weighted by molar-refractivity contribution is -0.119. The summed E-state index contributed by atoms with van der Waals surface area (Å²) >= 11 is 0. The number of hydrogen-bond acceptors (Lipinski definition) is 3. The summed E-state index contributed by atoms with van der Waals surface area (Å²) in [4.78, 5) is 19.4. The molecule has 0 bridgehead atoms. The molecule has 3 N–H and O–H groups in total. The maximum atomic E-state index is 10.1. The number of allylic oxidation sites excluding steroid dienone is 3. The van der Waals surface area contributed by atoms with Crippen LogP contribution in [0.1, 0.15) is 39.0 Å². The standard InChI is InChI=1S/C8H12.C4H7NO.C4H4O.C2H5NO.ClH/c1-2-8-6-4-3-5-7-8;6-4-2-1-3-5-4;1-2-4-5-3-1;1-2(3)4;/h2,4,6,8H,1,3,5,7H2;1-3H2,(H,5,6);1-4H;1H3,(H2,3,4);1H. The lowest BCUT2D eigenvalue weighted by Gasteiger charge is -2.09. The lowest BCUT2D eigenvalue weighted by atomic mass is 9.96. The van der Waals surface area contributed by atoms with Crippen molar-refractivity contribution >= 4 is 24.2 Å². The summed E-state index contributed by atoms with van der Waals surface area (Å²) in [6.45, 7) is 5.93. The molecule has 5 nitrogen and oxygen atoms in total. The molecule has 6 heteroatoms. The summed E-state index contributed by atoms with van der Waals surface area (Å²) in [7, 11) is 0. The van der Waals surface area contributed by atoms with Gasteiger partial charge in [-0.1, -0.05) is 18.2 Å². The van der Waals surface area contributed by atoms with Gasteiger partial charge < -0.3 is 15.5 Å². The molecule has 1 fully saturated rings. The van der Waals surface area contributed by atoms with Crippen molar-refractivity contribution in [1.29, 1.82) is 0 Å². The molecule has 0 radical (unpaired) electrons. The minimum atomic E-state index is -0.333. The molecule has 0 saturated carbocycles. The van der Waals surface area contributed by atoms with Crippen molar-refractivity contribution < 1.29 is 14.0 Å². The van der Waals surface area contributed by atoms with Gasteiger partial charge in [0.1, 0.15) is 0 Å². The highest BCUT2D eigenvalue weighted by Gasteiger charge is 2.05. The fourth-order valence-corrected chi connectivity index (χ4v) is 1.83. The minimum Gasteiger partial charge on any atom is -0.473 e. The molecule has 1 aromatic rings. The van der Waals surface area contributed by atoms with Gasteiger partial charge in [-0.3, -0.25) is 9.59 Å². The van der Waals surface area contributed by atoms with Crippen LogP contribution in [0.25, 0.3) is 0 Å². The molecule has 24 heavy (non-hydrogen) atoms. The number of hydrogen-bond donors (Lipinski definition) is 2. The van der Waals surface area contributed by atoms with E-state index < -0.39 is 0 Å². The number of nitrogens with one attached hydrogen (secondary N) is 1. The van der Waals surface area contributed by atoms with Crippen molar-refractivity contribution in [2.75, 3.05) is 6.54 Å². The second-order valence-corrected chi connectivity index (χ2v) is 5.12. The first-order chi connectivity index (χ1) is 11.1. The SMILES string of the molecule is C=CC1C=CCCC1.CC(N)=O.Cl.O=C1CCCN1.c1ccoc1. The minimum absolute atomic E-state index is 0. The quantitative estimate of drug-likeness (QED) is 0.753. The average molecular weight is 357 g/mol. The van der Waals surface area contributed by atoms with E-state index in [1.807, 2.05) is 18.2 Å². The fraction of sp³-hybridized carbons (Fsp3) is 0.444. The first kappa shape index (κ1) is 24.2. The van der Waals surface area contributed by atoms with E-state index in [0.29, 0.717) is 5.92 Å². The van der Waals surface area contributed by atoms with Crippen LogP contribution < -0.4 is 11.1 Å². The number of carbonyl (C=O) groups excluding carboxylic acids is 2. The summed E-state index contributed by atoms with van der Waals surface area (Å²) in [5, 5.41) is 2.68. The second kappa shape index (κ2) is 17.3. The van der Waals surface area contributed by atoms with Gasteiger partial charge in [-0.15, -0.1) is 19.0 Å². The molecule has 2 amide bonds. The van der Waals surface area contributed by atoms with Crippen molar-refractivity contribution in [2.45, 2.75) is 39.0 Å². The van der Waals surface area contributed by atoms with Crippen LogP contribution in [-0.2, 0) is 9.59 Å². The monoisotopic (exact) mass is 356 g/mol. The summed E-state index contributed by atoms with van der Waals surface area (Å²) in [6, 6.07) is 3.67. The molecule has 2 aliphatic rings. The molecule has 1 unspecified atom stereocenters. The molecule has 1 aliphatic heterocycles. The van der Waals surface area contributed by atoms with Crippen LogP contribution >= 0.6 is 12.4 Å². The topological polar surface area (TPSA) is 85.3 Å². The molecule has 1 atom stereocenters. The van der Waals surface area contributed by atoms with Crippen molar-refractivity contribution in [3.63, 3.8) is 0 Å². The summed E-state index contributed by atoms with van der Waals surface area (Å²) in [5.41, 5.74) is 4.47. The number of carbonyl (C=O) groups is 2. The zero-order chi connectivity index (χ0) is 17.3. The number of primary amides is 1. The molecule has 3 rings (SSSR count). The molecule has 1 saturated heterocycles. The van der Waals surface area contributed by atoms with Crippen LogP contribution in [0.4, 0.5) is 0 Å². The van der Waals surface area contributed by atoms with E-state index >= 15 is 0 Å². The normalized spacial score (nSPS) is 17.2. The highest BCUT2D eigenvalue weighted by atomic mass is 35.5. The van der Waals surface area contributed by atoms with E-state index in [1.165, 1.54) is 26.2 Å². The van der Waals surface area contributed by atoms with Gasteiger partial charge in [-0.2, -0.15) is 0 Å². The van der Waals surface area contributed by atoms with Gasteiger partial charge in [-0.25, -0.2) is 0 Å². The Hall–Kier alpha value is -2.01. The fourth-order valence-electron chi connectivity index (χ4n) is 1.83. The highest BCUT2D eigenvalue weighted by molar-refractivity contribution is 5.85. The number of furan rings is 1. The van der Waals surface area contributed by atoms with Crippen LogP contribution in [0, 0.1) is 5.92 Å². The smallest absolute Gasteiger partial charge is 0.220 e. The van der Waals surface area contributed by atoms with E-state index in [1.54, 1.807) is 12.5 Å².